The molecular weight excluding hydrogens is 540 g/mol. The highest BCUT2D eigenvalue weighted by Crippen LogP contribution is 2.43. The molecular formula is C32H29F2N5O3. The number of halogens is 2. The van der Waals surface area contributed by atoms with Crippen molar-refractivity contribution in [3.8, 4) is 35.4 Å². The third kappa shape index (κ3) is 3.91. The monoisotopic (exact) mass is 569 g/mol. The fraction of sp³-hybridized carbons (Fsp3) is 0.406. The number of aromatic nitrogens is 3. The van der Waals surface area contributed by atoms with E-state index in [4.69, 9.17) is 20.9 Å². The number of phenols is 1. The van der Waals surface area contributed by atoms with Crippen LogP contribution in [0.25, 0.3) is 32.9 Å². The maximum absolute atomic E-state index is 16.7. The Bertz CT molecular complexity index is 1800. The van der Waals surface area contributed by atoms with Crippen molar-refractivity contribution in [3.63, 3.8) is 0 Å². The minimum absolute atomic E-state index is 0.0266. The van der Waals surface area contributed by atoms with Crippen LogP contribution in [0.15, 0.2) is 30.5 Å². The van der Waals surface area contributed by atoms with Gasteiger partial charge >= 0.3 is 6.01 Å². The number of hydrogen-bond acceptors (Lipinski definition) is 8. The van der Waals surface area contributed by atoms with Gasteiger partial charge in [0.2, 0.25) is 0 Å². The number of anilines is 1. The number of aromatic hydroxyl groups is 1. The van der Waals surface area contributed by atoms with Gasteiger partial charge in [-0.3, -0.25) is 9.88 Å². The number of morpholine rings is 1. The van der Waals surface area contributed by atoms with Gasteiger partial charge < -0.3 is 19.5 Å². The van der Waals surface area contributed by atoms with Crippen molar-refractivity contribution in [2.45, 2.75) is 49.8 Å². The molecule has 0 spiro atoms. The number of fused-ring (bicyclic) bond motifs is 4. The van der Waals surface area contributed by atoms with E-state index in [0.29, 0.717) is 41.7 Å². The number of benzene rings is 2. The number of phenolic OH excluding ortho intramolecular Hbond substituents is 1. The predicted molar refractivity (Wildman–Crippen MR) is 154 cm³/mol. The summed E-state index contributed by atoms with van der Waals surface area (Å²) in [5.74, 6) is 1.49. The summed E-state index contributed by atoms with van der Waals surface area (Å²) in [5, 5.41) is 11.7. The van der Waals surface area contributed by atoms with Crippen molar-refractivity contribution in [2.75, 3.05) is 37.7 Å². The predicted octanol–water partition coefficient (Wildman–Crippen LogP) is 4.79. The molecule has 0 radical (unpaired) electrons. The minimum atomic E-state index is -0.720. The molecule has 0 amide bonds. The topological polar surface area (TPSA) is 83.8 Å². The lowest BCUT2D eigenvalue weighted by molar-refractivity contribution is 0.102. The van der Waals surface area contributed by atoms with E-state index in [2.05, 4.69) is 25.7 Å². The van der Waals surface area contributed by atoms with Crippen LogP contribution in [-0.4, -0.2) is 75.5 Å². The lowest BCUT2D eigenvalue weighted by atomic mass is 9.95. The third-order valence-electron chi connectivity index (χ3n) is 9.41. The lowest BCUT2D eigenvalue weighted by Gasteiger charge is -2.32. The van der Waals surface area contributed by atoms with Crippen molar-refractivity contribution < 1.29 is 23.4 Å². The van der Waals surface area contributed by atoms with Crippen LogP contribution in [0.5, 0.6) is 11.8 Å². The Kier molecular flexibility index (Phi) is 5.78. The molecule has 4 aliphatic rings. The van der Waals surface area contributed by atoms with Crippen LogP contribution in [0.4, 0.5) is 14.6 Å². The maximum Gasteiger partial charge on any atom is 0.319 e. The Morgan fingerprint density at radius 3 is 2.79 bits per heavy atom. The largest absolute Gasteiger partial charge is 0.508 e. The van der Waals surface area contributed by atoms with Crippen LogP contribution >= 0.6 is 0 Å². The average molecular weight is 570 g/mol. The summed E-state index contributed by atoms with van der Waals surface area (Å²) in [5.41, 5.74) is 0.0764. The van der Waals surface area contributed by atoms with Gasteiger partial charge in [0.25, 0.3) is 0 Å². The standard InChI is InChI=1S/C32H29F2N5O3/c1-2-20-23(33)6-5-18-13-19(40)14-21(26(18)20)28-27(34)29-22(16-35-28)30(39-11-12-41-25-15-24(25)39)37-31(36-29)42-17-32-7-3-9-38(32)10-4-8-32/h1,5-6,13-14,16,24-25,40H,3-4,7-12,15,17H2. The SMILES string of the molecule is C#Cc1c(F)ccc2cc(O)cc(-c3ncc4c(N5CCOC6CC65)nc(OCC56CCCN5CCC6)nc4c3F)c12. The number of hydrogen-bond donors (Lipinski definition) is 1. The summed E-state index contributed by atoms with van der Waals surface area (Å²) >= 11 is 0. The average Bonchev–Trinajstić information content (AvgIpc) is 3.53. The quantitative estimate of drug-likeness (QED) is 0.344. The van der Waals surface area contributed by atoms with Gasteiger partial charge in [-0.05, 0) is 68.8 Å². The van der Waals surface area contributed by atoms with Gasteiger partial charge in [-0.2, -0.15) is 9.97 Å². The Labute approximate surface area is 241 Å². The molecule has 3 aliphatic heterocycles. The van der Waals surface area contributed by atoms with Gasteiger partial charge in [0.05, 0.1) is 35.2 Å². The smallest absolute Gasteiger partial charge is 0.319 e. The summed E-state index contributed by atoms with van der Waals surface area (Å²) in [6.45, 7) is 3.72. The highest BCUT2D eigenvalue weighted by Gasteiger charge is 2.47. The molecule has 1 saturated carbocycles. The first-order chi connectivity index (χ1) is 20.5. The molecule has 214 valence electrons. The highest BCUT2D eigenvalue weighted by atomic mass is 19.1. The molecule has 0 bridgehead atoms. The molecule has 5 heterocycles. The lowest BCUT2D eigenvalue weighted by Crippen LogP contribution is -2.43. The minimum Gasteiger partial charge on any atom is -0.508 e. The summed E-state index contributed by atoms with van der Waals surface area (Å²) in [6.07, 6.45) is 12.6. The Balaban J connectivity index is 1.29. The van der Waals surface area contributed by atoms with E-state index in [1.807, 2.05) is 0 Å². The fourth-order valence-electron chi connectivity index (χ4n) is 7.30. The molecule has 1 N–H and O–H groups in total. The molecule has 8 rings (SSSR count). The molecule has 2 unspecified atom stereocenters. The first-order valence-electron chi connectivity index (χ1n) is 14.5. The molecule has 8 nitrogen and oxygen atoms in total. The maximum atomic E-state index is 16.7. The van der Waals surface area contributed by atoms with Crippen LogP contribution in [0.1, 0.15) is 37.7 Å². The van der Waals surface area contributed by atoms with E-state index in [1.54, 1.807) is 6.20 Å². The molecule has 3 saturated heterocycles. The summed E-state index contributed by atoms with van der Waals surface area (Å²) in [4.78, 5) is 18.5. The van der Waals surface area contributed by atoms with Crippen molar-refractivity contribution in [1.82, 2.24) is 19.9 Å². The first kappa shape index (κ1) is 25.6. The van der Waals surface area contributed by atoms with E-state index < -0.39 is 11.6 Å². The van der Waals surface area contributed by atoms with Crippen molar-refractivity contribution in [3.05, 3.63) is 47.7 Å². The van der Waals surface area contributed by atoms with E-state index in [-0.39, 0.29) is 51.8 Å². The second-order valence-corrected chi connectivity index (χ2v) is 11.8. The molecule has 10 heteroatoms. The summed E-state index contributed by atoms with van der Waals surface area (Å²) in [6, 6.07) is 5.81. The highest BCUT2D eigenvalue weighted by molar-refractivity contribution is 6.03. The van der Waals surface area contributed by atoms with Crippen LogP contribution < -0.4 is 9.64 Å². The van der Waals surface area contributed by atoms with Crippen LogP contribution in [0.2, 0.25) is 0 Å². The van der Waals surface area contributed by atoms with Gasteiger partial charge in [-0.1, -0.05) is 12.0 Å². The zero-order chi connectivity index (χ0) is 28.6. The van der Waals surface area contributed by atoms with Crippen LogP contribution in [0.3, 0.4) is 0 Å². The zero-order valence-electron chi connectivity index (χ0n) is 22.9. The molecule has 1 aliphatic carbocycles. The molecule has 2 aromatic heterocycles. The molecule has 2 aromatic carbocycles. The third-order valence-corrected chi connectivity index (χ3v) is 9.41. The Morgan fingerprint density at radius 1 is 1.14 bits per heavy atom. The van der Waals surface area contributed by atoms with Gasteiger partial charge in [0.1, 0.15) is 35.2 Å². The van der Waals surface area contributed by atoms with Crippen LogP contribution in [-0.2, 0) is 4.74 Å². The van der Waals surface area contributed by atoms with E-state index in [0.717, 1.165) is 45.2 Å². The molecule has 42 heavy (non-hydrogen) atoms. The van der Waals surface area contributed by atoms with Gasteiger partial charge in [-0.25, -0.2) is 8.78 Å². The van der Waals surface area contributed by atoms with E-state index >= 15 is 4.39 Å². The second-order valence-electron chi connectivity index (χ2n) is 11.8. The van der Waals surface area contributed by atoms with Crippen LogP contribution in [0, 0.1) is 24.0 Å². The Morgan fingerprint density at radius 2 is 1.98 bits per heavy atom. The first-order valence-corrected chi connectivity index (χ1v) is 14.5. The van der Waals surface area contributed by atoms with E-state index in [1.165, 1.54) is 24.3 Å². The van der Waals surface area contributed by atoms with Crippen molar-refractivity contribution in [2.24, 2.45) is 0 Å². The normalized spacial score (nSPS) is 22.7. The second kappa shape index (κ2) is 9.48. The van der Waals surface area contributed by atoms with Gasteiger partial charge in [0, 0.05) is 23.7 Å². The molecule has 4 fully saturated rings. The molecule has 2 atom stereocenters. The number of rotatable bonds is 5. The fourth-order valence-corrected chi connectivity index (χ4v) is 7.30. The van der Waals surface area contributed by atoms with Crippen molar-refractivity contribution >= 4 is 27.5 Å². The number of nitrogens with zero attached hydrogens (tertiary/aromatic N) is 5. The summed E-state index contributed by atoms with van der Waals surface area (Å²) in [7, 11) is 0. The number of ether oxygens (including phenoxy) is 2. The molecule has 4 aromatic rings. The summed E-state index contributed by atoms with van der Waals surface area (Å²) < 4.78 is 43.5. The number of terminal acetylenes is 1. The Hall–Kier alpha value is -4.07. The zero-order valence-corrected chi connectivity index (χ0v) is 22.9. The van der Waals surface area contributed by atoms with E-state index in [9.17, 15) is 9.50 Å². The van der Waals surface area contributed by atoms with Gasteiger partial charge in [-0.15, -0.1) is 6.42 Å². The van der Waals surface area contributed by atoms with Gasteiger partial charge in [0.15, 0.2) is 5.82 Å². The number of pyridine rings is 1. The van der Waals surface area contributed by atoms with Crippen molar-refractivity contribution in [1.29, 1.82) is 0 Å².